The average molecular weight is 284 g/mol. The molecule has 1 N–H and O–H groups in total. The van der Waals surface area contributed by atoms with Crippen molar-refractivity contribution in [1.82, 2.24) is 0 Å². The molecule has 1 amide bonds. The van der Waals surface area contributed by atoms with Gasteiger partial charge in [-0.15, -0.1) is 0 Å². The van der Waals surface area contributed by atoms with Gasteiger partial charge in [0.05, 0.1) is 17.3 Å². The van der Waals surface area contributed by atoms with Crippen LogP contribution >= 0.6 is 0 Å². The molecule has 0 radical (unpaired) electrons. The highest BCUT2D eigenvalue weighted by atomic mass is 19.1. The van der Waals surface area contributed by atoms with E-state index in [1.165, 1.54) is 12.1 Å². The number of benzene rings is 2. The van der Waals surface area contributed by atoms with Crippen molar-refractivity contribution in [3.8, 4) is 0 Å². The molecule has 0 spiro atoms. The van der Waals surface area contributed by atoms with Gasteiger partial charge in [-0.05, 0) is 29.8 Å². The van der Waals surface area contributed by atoms with Crippen LogP contribution in [0.1, 0.15) is 12.5 Å². The summed E-state index contributed by atoms with van der Waals surface area (Å²) < 4.78 is 13.4. The molecule has 2 aromatic carbocycles. The maximum Gasteiger partial charge on any atom is 0.229 e. The van der Waals surface area contributed by atoms with E-state index in [1.54, 1.807) is 6.07 Å². The van der Waals surface area contributed by atoms with E-state index in [1.807, 2.05) is 37.3 Å². The van der Waals surface area contributed by atoms with Crippen LogP contribution in [0.2, 0.25) is 0 Å². The zero-order chi connectivity index (χ0) is 14.8. The number of nitrogens with one attached hydrogen (secondary N) is 1. The fourth-order valence-electron chi connectivity index (χ4n) is 2.63. The number of nitrogens with zero attached hydrogens (tertiary/aromatic N) is 1. The van der Waals surface area contributed by atoms with Gasteiger partial charge >= 0.3 is 0 Å². The Morgan fingerprint density at radius 3 is 2.86 bits per heavy atom. The van der Waals surface area contributed by atoms with Gasteiger partial charge in [0.25, 0.3) is 0 Å². The third-order valence-corrected chi connectivity index (χ3v) is 3.71. The fraction of sp³-hybridized carbons (Fsp3) is 0.235. The molecular weight excluding hydrogens is 267 g/mol. The van der Waals surface area contributed by atoms with Gasteiger partial charge in [0.2, 0.25) is 5.91 Å². The first-order chi connectivity index (χ1) is 10.1. The highest BCUT2D eigenvalue weighted by Crippen LogP contribution is 2.30. The molecule has 0 bridgehead atoms. The molecule has 3 rings (SSSR count). The molecule has 3 nitrogen and oxygen atoms in total. The van der Waals surface area contributed by atoms with Gasteiger partial charge in [-0.1, -0.05) is 31.2 Å². The van der Waals surface area contributed by atoms with Gasteiger partial charge in [-0.2, -0.15) is 0 Å². The van der Waals surface area contributed by atoms with E-state index in [2.05, 4.69) is 10.2 Å². The number of hydrogen-bond donors (Lipinski definition) is 1. The monoisotopic (exact) mass is 284 g/mol. The third-order valence-electron chi connectivity index (χ3n) is 3.71. The predicted octanol–water partition coefficient (Wildman–Crippen LogP) is 3.42. The lowest BCUT2D eigenvalue weighted by atomic mass is 10.1. The highest BCUT2D eigenvalue weighted by molar-refractivity contribution is 5.97. The molecule has 1 atom stereocenters. The molecule has 0 aromatic heterocycles. The number of carbonyl (C=O) groups is 1. The summed E-state index contributed by atoms with van der Waals surface area (Å²) in [5.41, 5.74) is 2.68. The number of anilines is 2. The molecule has 21 heavy (non-hydrogen) atoms. The van der Waals surface area contributed by atoms with Crippen LogP contribution in [0.5, 0.6) is 0 Å². The van der Waals surface area contributed by atoms with E-state index in [0.29, 0.717) is 13.1 Å². The summed E-state index contributed by atoms with van der Waals surface area (Å²) in [5, 5.41) is 2.94. The summed E-state index contributed by atoms with van der Waals surface area (Å²) in [6.45, 7) is 3.09. The lowest BCUT2D eigenvalue weighted by molar-refractivity contribution is -0.119. The lowest BCUT2D eigenvalue weighted by Crippen LogP contribution is -2.30. The second-order valence-electron chi connectivity index (χ2n) is 5.42. The molecule has 1 heterocycles. The summed E-state index contributed by atoms with van der Waals surface area (Å²) in [5.74, 6) is -0.340. The first-order valence-corrected chi connectivity index (χ1v) is 7.03. The number of carbonyl (C=O) groups excluding carboxylic acids is 1. The van der Waals surface area contributed by atoms with Crippen LogP contribution < -0.4 is 10.2 Å². The maximum absolute atomic E-state index is 13.4. The second kappa shape index (κ2) is 5.56. The van der Waals surface area contributed by atoms with Gasteiger partial charge in [0.15, 0.2) is 0 Å². The van der Waals surface area contributed by atoms with E-state index in [-0.39, 0.29) is 17.6 Å². The SMILES string of the molecule is CC1CN(Cc2cccc(F)c2)c2ccccc2NC1=O. The van der Waals surface area contributed by atoms with Crippen LogP contribution in [-0.2, 0) is 11.3 Å². The third kappa shape index (κ3) is 2.89. The summed E-state index contributed by atoms with van der Waals surface area (Å²) in [7, 11) is 0. The quantitative estimate of drug-likeness (QED) is 0.916. The van der Waals surface area contributed by atoms with E-state index < -0.39 is 0 Å². The van der Waals surface area contributed by atoms with Crippen LogP contribution in [0.4, 0.5) is 15.8 Å². The molecule has 4 heteroatoms. The van der Waals surface area contributed by atoms with Crippen LogP contribution in [-0.4, -0.2) is 12.5 Å². The number of halogens is 1. The first kappa shape index (κ1) is 13.6. The minimum absolute atomic E-state index is 0.0178. The Morgan fingerprint density at radius 2 is 2.05 bits per heavy atom. The van der Waals surface area contributed by atoms with Crippen LogP contribution in [0.3, 0.4) is 0 Å². The molecule has 2 aromatic rings. The molecular formula is C17H17FN2O. The average Bonchev–Trinajstić information content (AvgIpc) is 2.57. The second-order valence-corrected chi connectivity index (χ2v) is 5.42. The minimum Gasteiger partial charge on any atom is -0.365 e. The predicted molar refractivity (Wildman–Crippen MR) is 81.7 cm³/mol. The molecule has 0 aliphatic carbocycles. The topological polar surface area (TPSA) is 32.3 Å². The molecule has 0 saturated carbocycles. The maximum atomic E-state index is 13.4. The molecule has 0 fully saturated rings. The van der Waals surface area contributed by atoms with Gasteiger partial charge in [0.1, 0.15) is 5.82 Å². The fourth-order valence-corrected chi connectivity index (χ4v) is 2.63. The smallest absolute Gasteiger partial charge is 0.229 e. The Hall–Kier alpha value is -2.36. The highest BCUT2D eigenvalue weighted by Gasteiger charge is 2.24. The van der Waals surface area contributed by atoms with E-state index in [9.17, 15) is 9.18 Å². The van der Waals surface area contributed by atoms with Crippen LogP contribution in [0, 0.1) is 11.7 Å². The Morgan fingerprint density at radius 1 is 1.24 bits per heavy atom. The minimum atomic E-state index is -0.238. The van der Waals surface area contributed by atoms with E-state index in [4.69, 9.17) is 0 Å². The van der Waals surface area contributed by atoms with Crippen molar-refractivity contribution in [1.29, 1.82) is 0 Å². The van der Waals surface area contributed by atoms with Crippen molar-refractivity contribution in [3.05, 3.63) is 59.9 Å². The number of rotatable bonds is 2. The summed E-state index contributed by atoms with van der Waals surface area (Å²) in [6, 6.07) is 14.3. The Kier molecular flexibility index (Phi) is 3.60. The normalized spacial score (nSPS) is 17.9. The Bertz CT molecular complexity index is 671. The number of amides is 1. The van der Waals surface area contributed by atoms with Crippen LogP contribution in [0.25, 0.3) is 0 Å². The molecule has 0 saturated heterocycles. The number of para-hydroxylation sites is 2. The zero-order valence-corrected chi connectivity index (χ0v) is 11.8. The molecule has 1 aliphatic rings. The van der Waals surface area contributed by atoms with Crippen molar-refractivity contribution in [2.75, 3.05) is 16.8 Å². The van der Waals surface area contributed by atoms with E-state index >= 15 is 0 Å². The zero-order valence-electron chi connectivity index (χ0n) is 11.8. The summed E-state index contributed by atoms with van der Waals surface area (Å²) >= 11 is 0. The summed E-state index contributed by atoms with van der Waals surface area (Å²) in [6.07, 6.45) is 0. The first-order valence-electron chi connectivity index (χ1n) is 7.03. The largest absolute Gasteiger partial charge is 0.365 e. The molecule has 108 valence electrons. The Labute approximate surface area is 123 Å². The van der Waals surface area contributed by atoms with Crippen molar-refractivity contribution < 1.29 is 9.18 Å². The molecule has 1 unspecified atom stereocenters. The van der Waals surface area contributed by atoms with Gasteiger partial charge < -0.3 is 10.2 Å². The van der Waals surface area contributed by atoms with E-state index in [0.717, 1.165) is 16.9 Å². The van der Waals surface area contributed by atoms with Crippen molar-refractivity contribution in [2.45, 2.75) is 13.5 Å². The van der Waals surface area contributed by atoms with Gasteiger partial charge in [0, 0.05) is 13.1 Å². The number of hydrogen-bond acceptors (Lipinski definition) is 2. The van der Waals surface area contributed by atoms with Crippen molar-refractivity contribution in [2.24, 2.45) is 5.92 Å². The lowest BCUT2D eigenvalue weighted by Gasteiger charge is -2.25. The van der Waals surface area contributed by atoms with Gasteiger partial charge in [-0.25, -0.2) is 4.39 Å². The van der Waals surface area contributed by atoms with Crippen LogP contribution in [0.15, 0.2) is 48.5 Å². The van der Waals surface area contributed by atoms with Crippen molar-refractivity contribution in [3.63, 3.8) is 0 Å². The van der Waals surface area contributed by atoms with Crippen molar-refractivity contribution >= 4 is 17.3 Å². The Balaban J connectivity index is 1.94. The number of fused-ring (bicyclic) bond motifs is 1. The van der Waals surface area contributed by atoms with Gasteiger partial charge in [-0.3, -0.25) is 4.79 Å². The summed E-state index contributed by atoms with van der Waals surface area (Å²) in [4.78, 5) is 14.1. The molecule has 1 aliphatic heterocycles. The standard InChI is InChI=1S/C17H17FN2O/c1-12-10-20(11-13-5-4-6-14(18)9-13)16-8-3-2-7-15(16)19-17(12)21/h2-9,12H,10-11H2,1H3,(H,19,21).